The average molecular weight is 382 g/mol. The first-order valence-corrected chi connectivity index (χ1v) is 9.53. The summed E-state index contributed by atoms with van der Waals surface area (Å²) >= 11 is 5.91. The standard InChI is InChI=1S/C20H28ClNO4/c1-20(2,3)26-19(25)22(16-7-5-4-6-8-16)13-17(18(23)24)14-9-11-15(21)12-10-14/h9-12,16-17H,4-8,13H2,1-3H3,(H,23,24)/t17-/m1/s1. The zero-order chi connectivity index (χ0) is 19.3. The van der Waals surface area contributed by atoms with Gasteiger partial charge in [-0.1, -0.05) is 43.0 Å². The number of rotatable bonds is 5. The zero-order valence-corrected chi connectivity index (χ0v) is 16.5. The van der Waals surface area contributed by atoms with Crippen molar-refractivity contribution in [2.45, 2.75) is 70.4 Å². The Morgan fingerprint density at radius 2 is 1.77 bits per heavy atom. The van der Waals surface area contributed by atoms with E-state index in [0.717, 1.165) is 32.1 Å². The third-order valence-electron chi connectivity index (χ3n) is 4.59. The van der Waals surface area contributed by atoms with E-state index in [1.807, 2.05) is 20.8 Å². The third-order valence-corrected chi connectivity index (χ3v) is 4.85. The van der Waals surface area contributed by atoms with Crippen molar-refractivity contribution in [1.82, 2.24) is 4.90 Å². The summed E-state index contributed by atoms with van der Waals surface area (Å²) < 4.78 is 5.56. The van der Waals surface area contributed by atoms with Crippen LogP contribution in [0.25, 0.3) is 0 Å². The molecule has 26 heavy (non-hydrogen) atoms. The summed E-state index contributed by atoms with van der Waals surface area (Å²) in [7, 11) is 0. The molecule has 0 radical (unpaired) electrons. The van der Waals surface area contributed by atoms with Gasteiger partial charge in [-0.2, -0.15) is 0 Å². The van der Waals surface area contributed by atoms with Gasteiger partial charge < -0.3 is 14.7 Å². The van der Waals surface area contributed by atoms with Crippen molar-refractivity contribution in [2.24, 2.45) is 0 Å². The van der Waals surface area contributed by atoms with E-state index in [1.54, 1.807) is 29.2 Å². The van der Waals surface area contributed by atoms with E-state index in [0.29, 0.717) is 10.6 Å². The van der Waals surface area contributed by atoms with Gasteiger partial charge in [-0.25, -0.2) is 4.79 Å². The maximum Gasteiger partial charge on any atom is 0.410 e. The Morgan fingerprint density at radius 1 is 1.19 bits per heavy atom. The Hall–Kier alpha value is -1.75. The second kappa shape index (κ2) is 8.76. The number of halogens is 1. The Labute approximate surface area is 160 Å². The fraction of sp³-hybridized carbons (Fsp3) is 0.600. The number of amides is 1. The van der Waals surface area contributed by atoms with Crippen LogP contribution in [-0.2, 0) is 9.53 Å². The first-order chi connectivity index (χ1) is 12.2. The monoisotopic (exact) mass is 381 g/mol. The van der Waals surface area contributed by atoms with Crippen LogP contribution in [0.2, 0.25) is 5.02 Å². The summed E-state index contributed by atoms with van der Waals surface area (Å²) in [6.45, 7) is 5.55. The van der Waals surface area contributed by atoms with Crippen LogP contribution >= 0.6 is 11.6 Å². The molecule has 0 saturated heterocycles. The van der Waals surface area contributed by atoms with Gasteiger partial charge in [-0.05, 0) is 51.3 Å². The molecular formula is C20H28ClNO4. The van der Waals surface area contributed by atoms with Crippen LogP contribution in [0.5, 0.6) is 0 Å². The lowest BCUT2D eigenvalue weighted by Crippen LogP contribution is -2.47. The Kier molecular flexibility index (Phi) is 6.93. The molecule has 0 heterocycles. The molecule has 144 valence electrons. The highest BCUT2D eigenvalue weighted by Gasteiger charge is 2.33. The first-order valence-electron chi connectivity index (χ1n) is 9.15. The number of benzene rings is 1. The Bertz CT molecular complexity index is 618. The highest BCUT2D eigenvalue weighted by atomic mass is 35.5. The van der Waals surface area contributed by atoms with Gasteiger partial charge in [0.05, 0.1) is 5.92 Å². The SMILES string of the molecule is CC(C)(C)OC(=O)N(C[C@@H](C(=O)O)c1ccc(Cl)cc1)C1CCCCC1. The van der Waals surface area contributed by atoms with Crippen LogP contribution in [0.15, 0.2) is 24.3 Å². The molecule has 0 spiro atoms. The van der Waals surface area contributed by atoms with E-state index >= 15 is 0 Å². The number of carbonyl (C=O) groups is 2. The number of nitrogens with zero attached hydrogens (tertiary/aromatic N) is 1. The summed E-state index contributed by atoms with van der Waals surface area (Å²) in [6, 6.07) is 6.77. The van der Waals surface area contributed by atoms with Crippen molar-refractivity contribution in [1.29, 1.82) is 0 Å². The predicted octanol–water partition coefficient (Wildman–Crippen LogP) is 5.08. The second-order valence-electron chi connectivity index (χ2n) is 7.87. The van der Waals surface area contributed by atoms with Crippen molar-refractivity contribution in [3.05, 3.63) is 34.9 Å². The van der Waals surface area contributed by atoms with Gasteiger partial charge in [0.15, 0.2) is 0 Å². The number of carboxylic acids is 1. The number of aliphatic carboxylic acids is 1. The molecule has 1 amide bonds. The summed E-state index contributed by atoms with van der Waals surface area (Å²) in [5.41, 5.74) is 0.00877. The molecule has 1 aliphatic rings. The van der Waals surface area contributed by atoms with Gasteiger partial charge in [-0.3, -0.25) is 4.79 Å². The number of ether oxygens (including phenoxy) is 1. The fourth-order valence-corrected chi connectivity index (χ4v) is 3.43. The highest BCUT2D eigenvalue weighted by Crippen LogP contribution is 2.28. The van der Waals surface area contributed by atoms with Crippen LogP contribution in [0.3, 0.4) is 0 Å². The average Bonchev–Trinajstić information content (AvgIpc) is 2.55. The van der Waals surface area contributed by atoms with Gasteiger partial charge in [-0.15, -0.1) is 0 Å². The van der Waals surface area contributed by atoms with Crippen LogP contribution < -0.4 is 0 Å². The summed E-state index contributed by atoms with van der Waals surface area (Å²) in [6.07, 6.45) is 4.56. The van der Waals surface area contributed by atoms with Crippen molar-refractivity contribution >= 4 is 23.7 Å². The van der Waals surface area contributed by atoms with Gasteiger partial charge in [0.25, 0.3) is 0 Å². The normalized spacial score (nSPS) is 16.8. The molecule has 0 bridgehead atoms. The molecule has 0 aromatic heterocycles. The van der Waals surface area contributed by atoms with Crippen LogP contribution in [-0.4, -0.2) is 40.3 Å². The molecule has 1 aromatic carbocycles. The minimum atomic E-state index is -0.961. The number of hydrogen-bond acceptors (Lipinski definition) is 3. The maximum atomic E-state index is 12.8. The lowest BCUT2D eigenvalue weighted by molar-refractivity contribution is -0.139. The van der Waals surface area contributed by atoms with Crippen LogP contribution in [0, 0.1) is 0 Å². The molecule has 1 atom stereocenters. The summed E-state index contributed by atoms with van der Waals surface area (Å²) in [5.74, 6) is -1.78. The lowest BCUT2D eigenvalue weighted by Gasteiger charge is -2.37. The van der Waals surface area contributed by atoms with Gasteiger partial charge in [0, 0.05) is 17.6 Å². The molecule has 6 heteroatoms. The Balaban J connectivity index is 2.25. The molecule has 0 unspecified atom stereocenters. The molecule has 1 aliphatic carbocycles. The number of carboxylic acid groups (broad SMARTS) is 1. The number of carbonyl (C=O) groups excluding carboxylic acids is 1. The molecule has 1 fully saturated rings. The van der Waals surface area contributed by atoms with Crippen LogP contribution in [0.4, 0.5) is 4.79 Å². The topological polar surface area (TPSA) is 66.8 Å². The largest absolute Gasteiger partial charge is 0.481 e. The van der Waals surface area contributed by atoms with E-state index in [-0.39, 0.29) is 12.6 Å². The van der Waals surface area contributed by atoms with Crippen molar-refractivity contribution in [3.8, 4) is 0 Å². The maximum absolute atomic E-state index is 12.8. The highest BCUT2D eigenvalue weighted by molar-refractivity contribution is 6.30. The lowest BCUT2D eigenvalue weighted by atomic mass is 9.92. The molecule has 2 rings (SSSR count). The van der Waals surface area contributed by atoms with E-state index < -0.39 is 23.6 Å². The van der Waals surface area contributed by atoms with Crippen molar-refractivity contribution < 1.29 is 19.4 Å². The molecule has 1 saturated carbocycles. The molecule has 0 aliphatic heterocycles. The van der Waals surface area contributed by atoms with E-state index in [9.17, 15) is 14.7 Å². The zero-order valence-electron chi connectivity index (χ0n) is 15.7. The molecule has 1 aromatic rings. The van der Waals surface area contributed by atoms with Crippen molar-refractivity contribution in [2.75, 3.05) is 6.54 Å². The smallest absolute Gasteiger partial charge is 0.410 e. The predicted molar refractivity (Wildman–Crippen MR) is 102 cm³/mol. The fourth-order valence-electron chi connectivity index (χ4n) is 3.30. The van der Waals surface area contributed by atoms with Gasteiger partial charge in [0.2, 0.25) is 0 Å². The second-order valence-corrected chi connectivity index (χ2v) is 8.30. The van der Waals surface area contributed by atoms with E-state index in [1.165, 1.54) is 0 Å². The first kappa shape index (κ1) is 20.6. The molecule has 5 nitrogen and oxygen atoms in total. The summed E-state index contributed by atoms with van der Waals surface area (Å²) in [5, 5.41) is 10.3. The van der Waals surface area contributed by atoms with Gasteiger partial charge in [0.1, 0.15) is 5.60 Å². The minimum Gasteiger partial charge on any atom is -0.481 e. The van der Waals surface area contributed by atoms with E-state index in [4.69, 9.17) is 16.3 Å². The molecular weight excluding hydrogens is 354 g/mol. The third kappa shape index (κ3) is 5.90. The molecule has 1 N–H and O–H groups in total. The van der Waals surface area contributed by atoms with Crippen molar-refractivity contribution in [3.63, 3.8) is 0 Å². The van der Waals surface area contributed by atoms with Gasteiger partial charge >= 0.3 is 12.1 Å². The van der Waals surface area contributed by atoms with E-state index in [2.05, 4.69) is 0 Å². The summed E-state index contributed by atoms with van der Waals surface area (Å²) in [4.78, 5) is 26.3. The number of hydrogen-bond donors (Lipinski definition) is 1. The quantitative estimate of drug-likeness (QED) is 0.772. The minimum absolute atomic E-state index is 0.0211. The Morgan fingerprint density at radius 3 is 2.27 bits per heavy atom. The van der Waals surface area contributed by atoms with Crippen LogP contribution in [0.1, 0.15) is 64.4 Å².